The molecule has 0 aliphatic carbocycles. The summed E-state index contributed by atoms with van der Waals surface area (Å²) in [6.07, 6.45) is 1.60. The van der Waals surface area contributed by atoms with E-state index in [1.165, 1.54) is 11.1 Å². The largest absolute Gasteiger partial charge is 0.339 e. The molecule has 0 bridgehead atoms. The Kier molecular flexibility index (Phi) is 4.76. The highest BCUT2D eigenvalue weighted by molar-refractivity contribution is 9.10. The summed E-state index contributed by atoms with van der Waals surface area (Å²) in [6, 6.07) is 12.3. The summed E-state index contributed by atoms with van der Waals surface area (Å²) in [7, 11) is 0. The van der Waals surface area contributed by atoms with Gasteiger partial charge in [-0.2, -0.15) is 10.1 Å². The quantitative estimate of drug-likeness (QED) is 0.659. The fraction of sp³-hybridized carbons (Fsp3) is 0.167. The summed E-state index contributed by atoms with van der Waals surface area (Å²) in [5.74, 6) is 1.09. The van der Waals surface area contributed by atoms with Crippen LogP contribution in [0.4, 0.5) is 23.1 Å². The van der Waals surface area contributed by atoms with Crippen molar-refractivity contribution in [2.75, 3.05) is 10.6 Å². The fourth-order valence-electron chi connectivity index (χ4n) is 2.23. The molecular formula is C18H18BrN5. The Morgan fingerprint density at radius 3 is 2.50 bits per heavy atom. The lowest BCUT2D eigenvalue weighted by molar-refractivity contribution is 0.981. The van der Waals surface area contributed by atoms with E-state index in [-0.39, 0.29) is 0 Å². The van der Waals surface area contributed by atoms with Crippen molar-refractivity contribution in [3.63, 3.8) is 0 Å². The predicted molar refractivity (Wildman–Crippen MR) is 101 cm³/mol. The maximum absolute atomic E-state index is 4.48. The zero-order valence-electron chi connectivity index (χ0n) is 13.8. The van der Waals surface area contributed by atoms with Crippen LogP contribution < -0.4 is 10.6 Å². The van der Waals surface area contributed by atoms with Crippen LogP contribution in [0.1, 0.15) is 16.7 Å². The van der Waals surface area contributed by atoms with E-state index >= 15 is 0 Å². The average molecular weight is 384 g/mol. The average Bonchev–Trinajstić information content (AvgIpc) is 2.55. The smallest absolute Gasteiger partial charge is 0.249 e. The molecule has 1 heterocycles. The molecule has 0 amide bonds. The SMILES string of the molecule is Cc1ccc(C)c(Nc2nncc(Nc3ccc(C)c(Br)c3)n2)c1. The number of rotatable bonds is 4. The summed E-state index contributed by atoms with van der Waals surface area (Å²) in [4.78, 5) is 4.48. The van der Waals surface area contributed by atoms with E-state index in [1.54, 1.807) is 6.20 Å². The number of hydrogen-bond donors (Lipinski definition) is 2. The first-order valence-electron chi connectivity index (χ1n) is 7.58. The summed E-state index contributed by atoms with van der Waals surface area (Å²) in [5, 5.41) is 14.5. The molecule has 3 aromatic rings. The van der Waals surface area contributed by atoms with E-state index in [9.17, 15) is 0 Å². The third kappa shape index (κ3) is 3.89. The molecule has 0 spiro atoms. The maximum atomic E-state index is 4.48. The van der Waals surface area contributed by atoms with Crippen LogP contribution in [0.25, 0.3) is 0 Å². The summed E-state index contributed by atoms with van der Waals surface area (Å²) in [5.41, 5.74) is 5.40. The Morgan fingerprint density at radius 2 is 1.71 bits per heavy atom. The number of nitrogens with zero attached hydrogens (tertiary/aromatic N) is 3. The highest BCUT2D eigenvalue weighted by Crippen LogP contribution is 2.24. The normalized spacial score (nSPS) is 10.5. The lowest BCUT2D eigenvalue weighted by Crippen LogP contribution is -2.03. The van der Waals surface area contributed by atoms with Crippen molar-refractivity contribution in [3.8, 4) is 0 Å². The van der Waals surface area contributed by atoms with Crippen LogP contribution in [-0.4, -0.2) is 15.2 Å². The Bertz CT molecular complexity index is 879. The maximum Gasteiger partial charge on any atom is 0.249 e. The Labute approximate surface area is 149 Å². The third-order valence-corrected chi connectivity index (χ3v) is 4.50. The van der Waals surface area contributed by atoms with Gasteiger partial charge in [0.05, 0.1) is 6.20 Å². The molecule has 2 N–H and O–H groups in total. The molecule has 0 aliphatic heterocycles. The highest BCUT2D eigenvalue weighted by Gasteiger charge is 2.05. The Balaban J connectivity index is 1.81. The predicted octanol–water partition coefficient (Wildman–Crippen LogP) is 5.05. The van der Waals surface area contributed by atoms with Gasteiger partial charge in [0.1, 0.15) is 0 Å². The lowest BCUT2D eigenvalue weighted by Gasteiger charge is -2.10. The minimum absolute atomic E-state index is 0.458. The molecule has 1 aromatic heterocycles. The van der Waals surface area contributed by atoms with E-state index in [0.29, 0.717) is 11.8 Å². The van der Waals surface area contributed by atoms with Crippen LogP contribution in [0.3, 0.4) is 0 Å². The molecule has 0 aliphatic rings. The van der Waals surface area contributed by atoms with Crippen molar-refractivity contribution in [2.45, 2.75) is 20.8 Å². The number of benzene rings is 2. The molecule has 3 rings (SSSR count). The fourth-order valence-corrected chi connectivity index (χ4v) is 2.60. The van der Waals surface area contributed by atoms with E-state index in [0.717, 1.165) is 21.4 Å². The second-order valence-electron chi connectivity index (χ2n) is 5.70. The zero-order chi connectivity index (χ0) is 17.1. The molecular weight excluding hydrogens is 366 g/mol. The Hall–Kier alpha value is -2.47. The van der Waals surface area contributed by atoms with Crippen molar-refractivity contribution in [3.05, 3.63) is 63.8 Å². The van der Waals surface area contributed by atoms with Crippen molar-refractivity contribution < 1.29 is 0 Å². The zero-order valence-corrected chi connectivity index (χ0v) is 15.3. The van der Waals surface area contributed by atoms with Crippen LogP contribution in [-0.2, 0) is 0 Å². The summed E-state index contributed by atoms with van der Waals surface area (Å²) >= 11 is 3.53. The van der Waals surface area contributed by atoms with Gasteiger partial charge in [-0.15, -0.1) is 5.10 Å². The van der Waals surface area contributed by atoms with Gasteiger partial charge in [-0.05, 0) is 55.7 Å². The Morgan fingerprint density at radius 1 is 0.917 bits per heavy atom. The molecule has 2 aromatic carbocycles. The summed E-state index contributed by atoms with van der Waals surface area (Å²) < 4.78 is 1.04. The molecule has 0 radical (unpaired) electrons. The van der Waals surface area contributed by atoms with Crippen molar-refractivity contribution in [1.29, 1.82) is 0 Å². The van der Waals surface area contributed by atoms with Gasteiger partial charge in [0.15, 0.2) is 5.82 Å². The van der Waals surface area contributed by atoms with Gasteiger partial charge in [-0.1, -0.05) is 34.1 Å². The van der Waals surface area contributed by atoms with E-state index in [1.807, 2.05) is 32.0 Å². The van der Waals surface area contributed by atoms with Crippen LogP contribution in [0.15, 0.2) is 47.1 Å². The standard InChI is InChI=1S/C18H18BrN5/c1-11-4-5-13(3)16(8-11)22-18-23-17(10-20-24-18)21-14-7-6-12(2)15(19)9-14/h4-10H,1-3H3,(H2,21,22,23,24). The first-order chi connectivity index (χ1) is 11.5. The monoisotopic (exact) mass is 383 g/mol. The topological polar surface area (TPSA) is 62.7 Å². The van der Waals surface area contributed by atoms with E-state index < -0.39 is 0 Å². The first-order valence-corrected chi connectivity index (χ1v) is 8.38. The van der Waals surface area contributed by atoms with Gasteiger partial charge in [0.2, 0.25) is 5.95 Å². The number of hydrogen-bond acceptors (Lipinski definition) is 5. The molecule has 6 heteroatoms. The second-order valence-corrected chi connectivity index (χ2v) is 6.55. The number of anilines is 4. The van der Waals surface area contributed by atoms with Crippen molar-refractivity contribution in [1.82, 2.24) is 15.2 Å². The molecule has 0 unspecified atom stereocenters. The molecule has 0 saturated heterocycles. The molecule has 0 atom stereocenters. The summed E-state index contributed by atoms with van der Waals surface area (Å²) in [6.45, 7) is 6.14. The lowest BCUT2D eigenvalue weighted by atomic mass is 10.1. The molecule has 0 saturated carbocycles. The van der Waals surface area contributed by atoms with E-state index in [2.05, 4.69) is 66.9 Å². The van der Waals surface area contributed by atoms with E-state index in [4.69, 9.17) is 0 Å². The number of nitrogens with one attached hydrogen (secondary N) is 2. The van der Waals surface area contributed by atoms with Crippen LogP contribution >= 0.6 is 15.9 Å². The number of aromatic nitrogens is 3. The minimum atomic E-state index is 0.458. The van der Waals surface area contributed by atoms with Gasteiger partial charge in [-0.3, -0.25) is 0 Å². The molecule has 5 nitrogen and oxygen atoms in total. The van der Waals surface area contributed by atoms with Gasteiger partial charge >= 0.3 is 0 Å². The minimum Gasteiger partial charge on any atom is -0.339 e. The second kappa shape index (κ2) is 6.97. The number of aryl methyl sites for hydroxylation is 3. The molecule has 24 heavy (non-hydrogen) atoms. The van der Waals surface area contributed by atoms with Crippen molar-refractivity contribution >= 4 is 39.1 Å². The molecule has 122 valence electrons. The molecule has 0 fully saturated rings. The third-order valence-electron chi connectivity index (χ3n) is 3.64. The van der Waals surface area contributed by atoms with Gasteiger partial charge in [-0.25, -0.2) is 0 Å². The van der Waals surface area contributed by atoms with Gasteiger partial charge < -0.3 is 10.6 Å². The van der Waals surface area contributed by atoms with Crippen LogP contribution in [0.5, 0.6) is 0 Å². The van der Waals surface area contributed by atoms with Crippen molar-refractivity contribution in [2.24, 2.45) is 0 Å². The van der Waals surface area contributed by atoms with Crippen LogP contribution in [0.2, 0.25) is 0 Å². The number of halogens is 1. The van der Waals surface area contributed by atoms with Gasteiger partial charge in [0, 0.05) is 15.8 Å². The highest BCUT2D eigenvalue weighted by atomic mass is 79.9. The first kappa shape index (κ1) is 16.4. The van der Waals surface area contributed by atoms with Gasteiger partial charge in [0.25, 0.3) is 0 Å². The van der Waals surface area contributed by atoms with Crippen LogP contribution in [0, 0.1) is 20.8 Å².